The summed E-state index contributed by atoms with van der Waals surface area (Å²) in [6.07, 6.45) is 2.56. The van der Waals surface area contributed by atoms with E-state index in [2.05, 4.69) is 27.8 Å². The number of benzene rings is 2. The third kappa shape index (κ3) is 6.15. The van der Waals surface area contributed by atoms with Gasteiger partial charge in [0, 0.05) is 6.54 Å². The van der Waals surface area contributed by atoms with Gasteiger partial charge >= 0.3 is 0 Å². The molecular formula is C22H23N3O2. The Bertz CT molecular complexity index is 847. The van der Waals surface area contributed by atoms with Gasteiger partial charge in [-0.15, -0.1) is 0 Å². The Morgan fingerprint density at radius 3 is 2.48 bits per heavy atom. The lowest BCUT2D eigenvalue weighted by Crippen LogP contribution is -2.20. The second-order valence-electron chi connectivity index (χ2n) is 6.24. The van der Waals surface area contributed by atoms with Crippen molar-refractivity contribution in [3.8, 4) is 5.75 Å². The number of hydrogen-bond acceptors (Lipinski definition) is 4. The highest BCUT2D eigenvalue weighted by Crippen LogP contribution is 2.12. The van der Waals surface area contributed by atoms with Crippen LogP contribution in [-0.4, -0.2) is 24.0 Å². The number of aromatic nitrogens is 1. The first-order chi connectivity index (χ1) is 13.2. The predicted octanol–water partition coefficient (Wildman–Crippen LogP) is 4.06. The van der Waals surface area contributed by atoms with Crippen molar-refractivity contribution in [3.63, 3.8) is 0 Å². The molecule has 1 aromatic heterocycles. The summed E-state index contributed by atoms with van der Waals surface area (Å²) >= 11 is 0. The van der Waals surface area contributed by atoms with Crippen LogP contribution in [0.4, 0.5) is 11.5 Å². The summed E-state index contributed by atoms with van der Waals surface area (Å²) in [5, 5.41) is 6.05. The molecule has 3 rings (SSSR count). The molecule has 5 nitrogen and oxygen atoms in total. The lowest BCUT2D eigenvalue weighted by atomic mass is 10.1. The Morgan fingerprint density at radius 2 is 1.78 bits per heavy atom. The molecule has 1 amide bonds. The van der Waals surface area contributed by atoms with Gasteiger partial charge in [-0.05, 0) is 43.2 Å². The van der Waals surface area contributed by atoms with Crippen LogP contribution in [0.1, 0.15) is 11.1 Å². The number of pyridine rings is 1. The fraction of sp³-hybridized carbons (Fsp3) is 0.182. The quantitative estimate of drug-likeness (QED) is 0.635. The zero-order chi connectivity index (χ0) is 18.9. The van der Waals surface area contributed by atoms with Gasteiger partial charge in [-0.3, -0.25) is 4.79 Å². The van der Waals surface area contributed by atoms with Gasteiger partial charge in [0.1, 0.15) is 11.6 Å². The number of anilines is 2. The molecule has 0 saturated carbocycles. The van der Waals surface area contributed by atoms with Crippen molar-refractivity contribution >= 4 is 17.4 Å². The van der Waals surface area contributed by atoms with Gasteiger partial charge in [-0.1, -0.05) is 48.0 Å². The topological polar surface area (TPSA) is 63.2 Å². The van der Waals surface area contributed by atoms with E-state index >= 15 is 0 Å². The standard InChI is InChI=1S/C22H23N3O2/c1-17-7-10-20(11-8-17)27-16-22(26)25-19-9-12-21(24-15-19)23-14-13-18-5-3-2-4-6-18/h2-12,15H,13-14,16H2,1H3,(H,23,24)(H,25,26). The number of amides is 1. The van der Waals surface area contributed by atoms with Gasteiger partial charge in [0.15, 0.2) is 6.61 Å². The fourth-order valence-corrected chi connectivity index (χ4v) is 2.53. The first-order valence-corrected chi connectivity index (χ1v) is 8.92. The Hall–Kier alpha value is -3.34. The molecule has 138 valence electrons. The van der Waals surface area contributed by atoms with E-state index in [1.54, 1.807) is 6.20 Å². The van der Waals surface area contributed by atoms with E-state index in [9.17, 15) is 4.79 Å². The number of rotatable bonds is 8. The first kappa shape index (κ1) is 18.5. The highest BCUT2D eigenvalue weighted by atomic mass is 16.5. The lowest BCUT2D eigenvalue weighted by molar-refractivity contribution is -0.118. The minimum absolute atomic E-state index is 0.0415. The fourth-order valence-electron chi connectivity index (χ4n) is 2.53. The summed E-state index contributed by atoms with van der Waals surface area (Å²) in [7, 11) is 0. The maximum Gasteiger partial charge on any atom is 0.262 e. The van der Waals surface area contributed by atoms with E-state index in [1.807, 2.05) is 61.5 Å². The smallest absolute Gasteiger partial charge is 0.262 e. The lowest BCUT2D eigenvalue weighted by Gasteiger charge is -2.09. The molecule has 0 saturated heterocycles. The molecule has 0 atom stereocenters. The second-order valence-corrected chi connectivity index (χ2v) is 6.24. The Balaban J connectivity index is 1.41. The minimum Gasteiger partial charge on any atom is -0.484 e. The van der Waals surface area contributed by atoms with Gasteiger partial charge in [0.2, 0.25) is 0 Å². The van der Waals surface area contributed by atoms with Crippen molar-refractivity contribution in [1.82, 2.24) is 4.98 Å². The molecule has 0 unspecified atom stereocenters. The number of ether oxygens (including phenoxy) is 1. The molecule has 2 aromatic carbocycles. The van der Waals surface area contributed by atoms with Crippen LogP contribution in [0.3, 0.4) is 0 Å². The molecule has 0 radical (unpaired) electrons. The normalized spacial score (nSPS) is 10.3. The van der Waals surface area contributed by atoms with Crippen molar-refractivity contribution < 1.29 is 9.53 Å². The SMILES string of the molecule is Cc1ccc(OCC(=O)Nc2ccc(NCCc3ccccc3)nc2)cc1. The highest BCUT2D eigenvalue weighted by molar-refractivity contribution is 5.91. The van der Waals surface area contributed by atoms with E-state index in [0.717, 1.165) is 24.3 Å². The van der Waals surface area contributed by atoms with Gasteiger partial charge in [-0.2, -0.15) is 0 Å². The molecule has 27 heavy (non-hydrogen) atoms. The third-order valence-electron chi connectivity index (χ3n) is 4.00. The Morgan fingerprint density at radius 1 is 1.00 bits per heavy atom. The third-order valence-corrected chi connectivity index (χ3v) is 4.00. The van der Waals surface area contributed by atoms with E-state index in [-0.39, 0.29) is 12.5 Å². The average Bonchev–Trinajstić information content (AvgIpc) is 2.70. The zero-order valence-corrected chi connectivity index (χ0v) is 15.3. The van der Waals surface area contributed by atoms with Crippen LogP contribution in [0.15, 0.2) is 72.9 Å². The first-order valence-electron chi connectivity index (χ1n) is 8.92. The van der Waals surface area contributed by atoms with Crippen molar-refractivity contribution in [2.45, 2.75) is 13.3 Å². The van der Waals surface area contributed by atoms with Crippen molar-refractivity contribution in [2.24, 2.45) is 0 Å². The number of hydrogen-bond donors (Lipinski definition) is 2. The van der Waals surface area contributed by atoms with Gasteiger partial charge < -0.3 is 15.4 Å². The summed E-state index contributed by atoms with van der Waals surface area (Å²) in [4.78, 5) is 16.3. The monoisotopic (exact) mass is 361 g/mol. The Kier molecular flexibility index (Phi) is 6.41. The molecule has 3 aromatic rings. The number of nitrogens with one attached hydrogen (secondary N) is 2. The molecule has 2 N–H and O–H groups in total. The van der Waals surface area contributed by atoms with Crippen LogP contribution < -0.4 is 15.4 Å². The van der Waals surface area contributed by atoms with E-state index in [0.29, 0.717) is 11.4 Å². The van der Waals surface area contributed by atoms with E-state index in [4.69, 9.17) is 4.74 Å². The van der Waals surface area contributed by atoms with Crippen LogP contribution >= 0.6 is 0 Å². The maximum absolute atomic E-state index is 12.0. The zero-order valence-electron chi connectivity index (χ0n) is 15.3. The van der Waals surface area contributed by atoms with Crippen molar-refractivity contribution in [2.75, 3.05) is 23.8 Å². The number of carbonyl (C=O) groups excluding carboxylic acids is 1. The molecule has 1 heterocycles. The Labute approximate surface area is 159 Å². The average molecular weight is 361 g/mol. The molecule has 0 bridgehead atoms. The van der Waals surface area contributed by atoms with Crippen LogP contribution in [0.25, 0.3) is 0 Å². The summed E-state index contributed by atoms with van der Waals surface area (Å²) in [5.74, 6) is 1.23. The van der Waals surface area contributed by atoms with E-state index in [1.165, 1.54) is 5.56 Å². The van der Waals surface area contributed by atoms with Crippen molar-refractivity contribution in [3.05, 3.63) is 84.1 Å². The molecule has 0 spiro atoms. The van der Waals surface area contributed by atoms with E-state index < -0.39 is 0 Å². The van der Waals surface area contributed by atoms with Gasteiger partial charge in [0.05, 0.1) is 11.9 Å². The van der Waals surface area contributed by atoms with Gasteiger partial charge in [-0.25, -0.2) is 4.98 Å². The molecule has 0 aliphatic heterocycles. The number of nitrogens with zero attached hydrogens (tertiary/aromatic N) is 1. The molecule has 0 aliphatic rings. The summed E-state index contributed by atoms with van der Waals surface area (Å²) in [6.45, 7) is 2.76. The second kappa shape index (κ2) is 9.38. The number of carbonyl (C=O) groups is 1. The minimum atomic E-state index is -0.220. The van der Waals surface area contributed by atoms with Crippen LogP contribution in [-0.2, 0) is 11.2 Å². The molecule has 0 aliphatic carbocycles. The highest BCUT2D eigenvalue weighted by Gasteiger charge is 2.04. The summed E-state index contributed by atoms with van der Waals surface area (Å²) in [5.41, 5.74) is 3.07. The largest absolute Gasteiger partial charge is 0.484 e. The number of aryl methyl sites for hydroxylation is 1. The van der Waals surface area contributed by atoms with Crippen LogP contribution in [0.2, 0.25) is 0 Å². The maximum atomic E-state index is 12.0. The van der Waals surface area contributed by atoms with Crippen LogP contribution in [0, 0.1) is 6.92 Å². The molecular weight excluding hydrogens is 338 g/mol. The molecule has 5 heteroatoms. The van der Waals surface area contributed by atoms with Crippen molar-refractivity contribution in [1.29, 1.82) is 0 Å². The van der Waals surface area contributed by atoms with Crippen LogP contribution in [0.5, 0.6) is 5.75 Å². The van der Waals surface area contributed by atoms with Gasteiger partial charge in [0.25, 0.3) is 5.91 Å². The summed E-state index contributed by atoms with van der Waals surface area (Å²) in [6, 6.07) is 21.5. The summed E-state index contributed by atoms with van der Waals surface area (Å²) < 4.78 is 5.47. The molecule has 0 fully saturated rings. The predicted molar refractivity (Wildman–Crippen MR) is 108 cm³/mol.